The van der Waals surface area contributed by atoms with Crippen molar-refractivity contribution in [3.05, 3.63) is 23.4 Å². The number of aromatic nitrogens is 1. The molecule has 2 rings (SSSR count). The van der Waals surface area contributed by atoms with Gasteiger partial charge in [-0.15, -0.1) is 0 Å². The lowest BCUT2D eigenvalue weighted by Crippen LogP contribution is -2.35. The number of aryl methyl sites for hydroxylation is 1. The summed E-state index contributed by atoms with van der Waals surface area (Å²) in [5, 5.41) is 10.1. The summed E-state index contributed by atoms with van der Waals surface area (Å²) in [5.74, 6) is 1.04. The molecular weight excluding hydrogens is 244 g/mol. The van der Waals surface area contributed by atoms with E-state index in [0.29, 0.717) is 0 Å². The van der Waals surface area contributed by atoms with Crippen LogP contribution in [0.4, 0.5) is 5.82 Å². The minimum atomic E-state index is 0.101. The molecule has 4 heteroatoms. The fourth-order valence-corrected chi connectivity index (χ4v) is 3.07. The maximum atomic E-state index is 9.31. The van der Waals surface area contributed by atoms with Gasteiger partial charge in [-0.25, -0.2) is 4.98 Å². The van der Waals surface area contributed by atoms with E-state index < -0.39 is 0 Å². The molecule has 18 heavy (non-hydrogen) atoms. The van der Waals surface area contributed by atoms with Crippen LogP contribution in [0.25, 0.3) is 0 Å². The molecule has 2 heterocycles. The van der Waals surface area contributed by atoms with Crippen molar-refractivity contribution in [2.24, 2.45) is 0 Å². The summed E-state index contributed by atoms with van der Waals surface area (Å²) in [5.41, 5.74) is 2.05. The average Bonchev–Trinajstić information content (AvgIpc) is 2.46. The highest BCUT2D eigenvalue weighted by atomic mass is 32.2. The molecule has 0 spiro atoms. The summed E-state index contributed by atoms with van der Waals surface area (Å²) in [7, 11) is 0. The minimum absolute atomic E-state index is 0.101. The Morgan fingerprint density at radius 3 is 2.67 bits per heavy atom. The maximum Gasteiger partial charge on any atom is 0.129 e. The highest BCUT2D eigenvalue weighted by molar-refractivity contribution is 7.99. The Morgan fingerprint density at radius 2 is 2.11 bits per heavy atom. The molecule has 0 bridgehead atoms. The Balaban J connectivity index is 2.13. The molecule has 0 aliphatic carbocycles. The number of hydrogen-bond acceptors (Lipinski definition) is 4. The van der Waals surface area contributed by atoms with Crippen LogP contribution in [0.15, 0.2) is 12.1 Å². The number of piperidine rings is 1. The second-order valence-corrected chi connectivity index (χ2v) is 5.90. The van der Waals surface area contributed by atoms with Crippen LogP contribution in [0.3, 0.4) is 0 Å². The van der Waals surface area contributed by atoms with E-state index in [1.54, 1.807) is 0 Å². The van der Waals surface area contributed by atoms with Gasteiger partial charge in [0.1, 0.15) is 5.82 Å². The highest BCUT2D eigenvalue weighted by Gasteiger charge is 2.19. The molecule has 3 nitrogen and oxygen atoms in total. The van der Waals surface area contributed by atoms with Crippen LogP contribution >= 0.6 is 11.8 Å². The number of rotatable bonds is 4. The first-order valence-electron chi connectivity index (χ1n) is 6.65. The fourth-order valence-electron chi connectivity index (χ4n) is 2.39. The first-order chi connectivity index (χ1) is 8.76. The quantitative estimate of drug-likeness (QED) is 0.908. The van der Waals surface area contributed by atoms with Gasteiger partial charge in [-0.1, -0.05) is 6.92 Å². The van der Waals surface area contributed by atoms with E-state index in [-0.39, 0.29) is 6.61 Å². The summed E-state index contributed by atoms with van der Waals surface area (Å²) >= 11 is 1.97. The lowest BCUT2D eigenvalue weighted by Gasteiger charge is -2.32. The van der Waals surface area contributed by atoms with Crippen molar-refractivity contribution in [2.75, 3.05) is 24.2 Å². The minimum Gasteiger partial charge on any atom is -0.392 e. The zero-order valence-electron chi connectivity index (χ0n) is 11.2. The average molecular weight is 266 g/mol. The van der Waals surface area contributed by atoms with Gasteiger partial charge >= 0.3 is 0 Å². The van der Waals surface area contributed by atoms with Crippen molar-refractivity contribution in [3.63, 3.8) is 0 Å². The number of anilines is 1. The van der Waals surface area contributed by atoms with E-state index >= 15 is 0 Å². The van der Waals surface area contributed by atoms with Crippen molar-refractivity contribution in [3.8, 4) is 0 Å². The van der Waals surface area contributed by atoms with Gasteiger partial charge in [0.05, 0.1) is 6.61 Å². The molecule has 1 saturated heterocycles. The zero-order valence-corrected chi connectivity index (χ0v) is 12.0. The summed E-state index contributed by atoms with van der Waals surface area (Å²) in [6.45, 7) is 4.37. The van der Waals surface area contributed by atoms with Gasteiger partial charge < -0.3 is 10.0 Å². The van der Waals surface area contributed by atoms with Gasteiger partial charge in [-0.3, -0.25) is 0 Å². The van der Waals surface area contributed by atoms with Crippen LogP contribution in [-0.4, -0.2) is 34.7 Å². The van der Waals surface area contributed by atoms with Crippen LogP contribution in [0.1, 0.15) is 31.0 Å². The molecular formula is C14H22N2OS. The van der Waals surface area contributed by atoms with E-state index in [4.69, 9.17) is 0 Å². The first-order valence-corrected chi connectivity index (χ1v) is 7.94. The van der Waals surface area contributed by atoms with Crippen molar-refractivity contribution in [1.82, 2.24) is 4.98 Å². The monoisotopic (exact) mass is 266 g/mol. The van der Waals surface area contributed by atoms with Crippen molar-refractivity contribution in [2.45, 2.75) is 38.0 Å². The zero-order chi connectivity index (χ0) is 13.0. The molecule has 0 amide bonds. The number of aliphatic hydroxyl groups is 1. The van der Waals surface area contributed by atoms with E-state index in [2.05, 4.69) is 23.1 Å². The summed E-state index contributed by atoms with van der Waals surface area (Å²) in [4.78, 5) is 7.03. The molecule has 0 saturated carbocycles. The van der Waals surface area contributed by atoms with Crippen LogP contribution in [0, 0.1) is 0 Å². The number of thioether (sulfide) groups is 1. The smallest absolute Gasteiger partial charge is 0.129 e. The van der Waals surface area contributed by atoms with Crippen molar-refractivity contribution >= 4 is 17.6 Å². The van der Waals surface area contributed by atoms with Gasteiger partial charge in [0, 0.05) is 24.0 Å². The van der Waals surface area contributed by atoms with Crippen molar-refractivity contribution < 1.29 is 5.11 Å². The van der Waals surface area contributed by atoms with Gasteiger partial charge in [-0.05, 0) is 43.2 Å². The topological polar surface area (TPSA) is 36.4 Å². The van der Waals surface area contributed by atoms with Gasteiger partial charge in [-0.2, -0.15) is 11.8 Å². The third-order valence-corrected chi connectivity index (χ3v) is 4.71. The van der Waals surface area contributed by atoms with E-state index in [1.165, 1.54) is 12.8 Å². The summed E-state index contributed by atoms with van der Waals surface area (Å²) in [6, 6.07) is 4.02. The molecule has 1 aliphatic heterocycles. The number of aliphatic hydroxyl groups excluding tert-OH is 1. The van der Waals surface area contributed by atoms with Crippen LogP contribution in [-0.2, 0) is 13.0 Å². The molecule has 0 radical (unpaired) electrons. The number of pyridine rings is 1. The molecule has 0 aromatic carbocycles. The van der Waals surface area contributed by atoms with Gasteiger partial charge in [0.15, 0.2) is 0 Å². The Morgan fingerprint density at radius 1 is 1.39 bits per heavy atom. The van der Waals surface area contributed by atoms with Crippen LogP contribution in [0.2, 0.25) is 0 Å². The van der Waals surface area contributed by atoms with Crippen LogP contribution in [0.5, 0.6) is 0 Å². The van der Waals surface area contributed by atoms with E-state index in [0.717, 1.165) is 41.8 Å². The van der Waals surface area contributed by atoms with Gasteiger partial charge in [0.2, 0.25) is 0 Å². The van der Waals surface area contributed by atoms with Gasteiger partial charge in [0.25, 0.3) is 0 Å². The summed E-state index contributed by atoms with van der Waals surface area (Å²) < 4.78 is 0. The normalized spacial score (nSPS) is 17.2. The Bertz CT molecular complexity index is 367. The molecule has 0 unspecified atom stereocenters. The lowest BCUT2D eigenvalue weighted by atomic mass is 10.1. The molecule has 1 fully saturated rings. The Hall–Kier alpha value is -0.740. The molecule has 0 atom stereocenters. The highest BCUT2D eigenvalue weighted by Crippen LogP contribution is 2.25. The standard InChI is InChI=1S/C14H22N2OS/c1-3-12-8-11(10-17)9-14(15-12)16-6-4-13(18-2)5-7-16/h8-9,13,17H,3-7,10H2,1-2H3. The Kier molecular flexibility index (Phi) is 4.89. The maximum absolute atomic E-state index is 9.31. The first kappa shape index (κ1) is 13.7. The molecule has 1 aromatic rings. The second-order valence-electron chi connectivity index (χ2n) is 4.76. The lowest BCUT2D eigenvalue weighted by molar-refractivity contribution is 0.281. The number of nitrogens with zero attached hydrogens (tertiary/aromatic N) is 2. The van der Waals surface area contributed by atoms with Crippen LogP contribution < -0.4 is 4.90 Å². The second kappa shape index (κ2) is 6.43. The van der Waals surface area contributed by atoms with E-state index in [9.17, 15) is 5.11 Å². The predicted octanol–water partition coefficient (Wildman–Crippen LogP) is 2.47. The molecule has 1 aromatic heterocycles. The predicted molar refractivity (Wildman–Crippen MR) is 78.3 cm³/mol. The third kappa shape index (κ3) is 3.18. The molecule has 100 valence electrons. The molecule has 1 N–H and O–H groups in total. The third-order valence-electron chi connectivity index (χ3n) is 3.57. The summed E-state index contributed by atoms with van der Waals surface area (Å²) in [6.07, 6.45) is 5.57. The largest absolute Gasteiger partial charge is 0.392 e. The van der Waals surface area contributed by atoms with Crippen molar-refractivity contribution in [1.29, 1.82) is 0 Å². The van der Waals surface area contributed by atoms with E-state index in [1.807, 2.05) is 23.9 Å². The fraction of sp³-hybridized carbons (Fsp3) is 0.643. The Labute approximate surface area is 114 Å². The molecule has 1 aliphatic rings. The number of hydrogen-bond donors (Lipinski definition) is 1. The SMILES string of the molecule is CCc1cc(CO)cc(N2CCC(SC)CC2)n1.